The Morgan fingerprint density at radius 2 is 1.12 bits per heavy atom. The lowest BCUT2D eigenvalue weighted by Crippen LogP contribution is -1.82. The van der Waals surface area contributed by atoms with Gasteiger partial charge in [0, 0.05) is 16.8 Å². The number of hydrogen-bond donors (Lipinski definition) is 0. The molecule has 3 heteroatoms. The molecular formula is C23H11NO2. The van der Waals surface area contributed by atoms with Crippen molar-refractivity contribution in [3.05, 3.63) is 72.7 Å². The molecule has 6 aromatic rings. The van der Waals surface area contributed by atoms with Crippen LogP contribution in [0.2, 0.25) is 0 Å². The normalized spacial score (nSPS) is 11.8. The molecule has 0 aliphatic carbocycles. The largest absolute Gasteiger partial charge is 0.464 e. The minimum Gasteiger partial charge on any atom is -0.464 e. The van der Waals surface area contributed by atoms with Crippen molar-refractivity contribution in [2.75, 3.05) is 0 Å². The van der Waals surface area contributed by atoms with E-state index in [1.54, 1.807) is 6.26 Å². The van der Waals surface area contributed by atoms with Crippen LogP contribution in [0.5, 0.6) is 0 Å². The quantitative estimate of drug-likeness (QED) is 0.298. The molecule has 0 N–H and O–H groups in total. The van der Waals surface area contributed by atoms with Crippen molar-refractivity contribution in [3.63, 3.8) is 0 Å². The van der Waals surface area contributed by atoms with E-state index in [2.05, 4.69) is 42.5 Å². The number of furan rings is 2. The van der Waals surface area contributed by atoms with Gasteiger partial charge in [-0.1, -0.05) is 36.4 Å². The van der Waals surface area contributed by atoms with Crippen molar-refractivity contribution in [1.29, 1.82) is 5.26 Å². The summed E-state index contributed by atoms with van der Waals surface area (Å²) in [5.74, 6) is 0.341. The fourth-order valence-corrected chi connectivity index (χ4v) is 4.07. The number of nitrogens with zero attached hydrogens (tertiary/aromatic N) is 1. The molecule has 0 aliphatic heterocycles. The zero-order chi connectivity index (χ0) is 17.3. The van der Waals surface area contributed by atoms with Crippen molar-refractivity contribution < 1.29 is 8.83 Å². The van der Waals surface area contributed by atoms with E-state index in [-0.39, 0.29) is 0 Å². The second kappa shape index (κ2) is 4.65. The Balaban J connectivity index is 1.80. The molecule has 2 aromatic heterocycles. The van der Waals surface area contributed by atoms with Gasteiger partial charge in [0.1, 0.15) is 17.2 Å². The first-order valence-corrected chi connectivity index (χ1v) is 8.41. The summed E-state index contributed by atoms with van der Waals surface area (Å²) < 4.78 is 11.1. The average Bonchev–Trinajstić information content (AvgIpc) is 3.33. The molecule has 2 heterocycles. The molecule has 26 heavy (non-hydrogen) atoms. The molecule has 0 atom stereocenters. The van der Waals surface area contributed by atoms with Crippen LogP contribution in [0.25, 0.3) is 54.3 Å². The van der Waals surface area contributed by atoms with Crippen molar-refractivity contribution in [2.24, 2.45) is 0 Å². The Bertz CT molecular complexity index is 1540. The molecule has 0 unspecified atom stereocenters. The van der Waals surface area contributed by atoms with Crippen LogP contribution in [0.1, 0.15) is 5.76 Å². The first-order chi connectivity index (χ1) is 12.8. The molecule has 0 spiro atoms. The zero-order valence-electron chi connectivity index (χ0n) is 13.6. The molecule has 4 aromatic carbocycles. The van der Waals surface area contributed by atoms with E-state index in [1.807, 2.05) is 24.3 Å². The van der Waals surface area contributed by atoms with E-state index in [0.717, 1.165) is 32.7 Å². The monoisotopic (exact) mass is 333 g/mol. The summed E-state index contributed by atoms with van der Waals surface area (Å²) in [5.41, 5.74) is 1.65. The molecule has 3 nitrogen and oxygen atoms in total. The summed E-state index contributed by atoms with van der Waals surface area (Å²) in [7, 11) is 0. The molecule has 120 valence electrons. The van der Waals surface area contributed by atoms with Crippen LogP contribution in [0.4, 0.5) is 0 Å². The van der Waals surface area contributed by atoms with E-state index in [9.17, 15) is 0 Å². The Morgan fingerprint density at radius 3 is 1.77 bits per heavy atom. The number of benzene rings is 4. The van der Waals surface area contributed by atoms with Gasteiger partial charge in [0.2, 0.25) is 5.76 Å². The minimum atomic E-state index is 0.341. The van der Waals surface area contributed by atoms with Gasteiger partial charge in [-0.25, -0.2) is 0 Å². The van der Waals surface area contributed by atoms with Crippen molar-refractivity contribution in [3.8, 4) is 6.07 Å². The highest BCUT2D eigenvalue weighted by molar-refractivity contribution is 6.24. The van der Waals surface area contributed by atoms with Crippen molar-refractivity contribution >= 4 is 54.3 Å². The van der Waals surface area contributed by atoms with Crippen molar-refractivity contribution in [1.82, 2.24) is 0 Å². The predicted molar refractivity (Wildman–Crippen MR) is 103 cm³/mol. The van der Waals surface area contributed by atoms with Crippen LogP contribution in [-0.4, -0.2) is 0 Å². The maximum Gasteiger partial charge on any atom is 0.204 e. The highest BCUT2D eigenvalue weighted by Gasteiger charge is 2.12. The SMILES string of the molecule is N#Cc1cc2c(ccc3c2ccc2c4ccc5occc5c4ccc32)o1. The van der Waals surface area contributed by atoms with Gasteiger partial charge in [-0.15, -0.1) is 0 Å². The maximum absolute atomic E-state index is 9.12. The molecule has 0 aliphatic rings. The Hall–Kier alpha value is -3.77. The van der Waals surface area contributed by atoms with Crippen molar-refractivity contribution in [2.45, 2.75) is 0 Å². The first kappa shape index (κ1) is 13.5. The van der Waals surface area contributed by atoms with Crippen LogP contribution in [-0.2, 0) is 0 Å². The van der Waals surface area contributed by atoms with Gasteiger partial charge in [-0.3, -0.25) is 0 Å². The van der Waals surface area contributed by atoms with Gasteiger partial charge in [0.05, 0.1) is 6.26 Å². The standard InChI is InChI=1S/C23H11NO2/c24-12-13-11-21-19-4-2-14-15(17(19)6-8-23(21)26-13)1-3-18-16(14)5-7-22-20(18)9-10-25-22/h1-11H. The van der Waals surface area contributed by atoms with Gasteiger partial charge in [-0.2, -0.15) is 5.26 Å². The highest BCUT2D eigenvalue weighted by atomic mass is 16.3. The zero-order valence-corrected chi connectivity index (χ0v) is 13.6. The first-order valence-electron chi connectivity index (χ1n) is 8.41. The molecule has 0 fully saturated rings. The third-order valence-electron chi connectivity index (χ3n) is 5.23. The summed E-state index contributed by atoms with van der Waals surface area (Å²) in [6.07, 6.45) is 1.73. The molecule has 0 saturated heterocycles. The van der Waals surface area contributed by atoms with Gasteiger partial charge in [0.25, 0.3) is 0 Å². The highest BCUT2D eigenvalue weighted by Crippen LogP contribution is 2.37. The topological polar surface area (TPSA) is 50.1 Å². The summed E-state index contributed by atoms with van der Waals surface area (Å²) in [6, 6.07) is 22.7. The van der Waals surface area contributed by atoms with Gasteiger partial charge < -0.3 is 8.83 Å². The van der Waals surface area contributed by atoms with E-state index < -0.39 is 0 Å². The molecule has 6 rings (SSSR count). The van der Waals surface area contributed by atoms with Crippen LogP contribution in [0.3, 0.4) is 0 Å². The van der Waals surface area contributed by atoms with Crippen LogP contribution in [0.15, 0.2) is 75.8 Å². The predicted octanol–water partition coefficient (Wildman–Crippen LogP) is 6.51. The number of hydrogen-bond acceptors (Lipinski definition) is 3. The lowest BCUT2D eigenvalue weighted by molar-refractivity contribution is 0.599. The number of fused-ring (bicyclic) bond motifs is 9. The fraction of sp³-hybridized carbons (Fsp3) is 0. The van der Waals surface area contributed by atoms with E-state index in [1.165, 1.54) is 21.5 Å². The third-order valence-corrected chi connectivity index (χ3v) is 5.23. The van der Waals surface area contributed by atoms with E-state index in [0.29, 0.717) is 5.76 Å². The Labute approximate surface area is 147 Å². The molecule has 0 amide bonds. The summed E-state index contributed by atoms with van der Waals surface area (Å²) in [6.45, 7) is 0. The Kier molecular flexibility index (Phi) is 2.42. The third kappa shape index (κ3) is 1.61. The van der Waals surface area contributed by atoms with E-state index in [4.69, 9.17) is 14.1 Å². The second-order valence-electron chi connectivity index (χ2n) is 6.51. The maximum atomic E-state index is 9.12. The Morgan fingerprint density at radius 1 is 0.577 bits per heavy atom. The second-order valence-corrected chi connectivity index (χ2v) is 6.51. The summed E-state index contributed by atoms with van der Waals surface area (Å²) in [4.78, 5) is 0. The summed E-state index contributed by atoms with van der Waals surface area (Å²) >= 11 is 0. The lowest BCUT2D eigenvalue weighted by Gasteiger charge is -2.08. The fourth-order valence-electron chi connectivity index (χ4n) is 4.07. The van der Waals surface area contributed by atoms with Crippen LogP contribution in [0, 0.1) is 11.3 Å². The molecular weight excluding hydrogens is 322 g/mol. The van der Waals surface area contributed by atoms with Gasteiger partial charge in [0.15, 0.2) is 0 Å². The van der Waals surface area contributed by atoms with Gasteiger partial charge in [-0.05, 0) is 50.5 Å². The van der Waals surface area contributed by atoms with Crippen LogP contribution >= 0.6 is 0 Å². The number of nitriles is 1. The van der Waals surface area contributed by atoms with Crippen LogP contribution < -0.4 is 0 Å². The van der Waals surface area contributed by atoms with E-state index >= 15 is 0 Å². The molecule has 0 bridgehead atoms. The molecule has 0 saturated carbocycles. The minimum absolute atomic E-state index is 0.341. The summed E-state index contributed by atoms with van der Waals surface area (Å²) in [5, 5.41) is 18.3. The lowest BCUT2D eigenvalue weighted by atomic mass is 9.95. The number of rotatable bonds is 0. The average molecular weight is 333 g/mol. The smallest absolute Gasteiger partial charge is 0.204 e. The van der Waals surface area contributed by atoms with Gasteiger partial charge >= 0.3 is 0 Å². The molecule has 0 radical (unpaired) electrons.